The van der Waals surface area contributed by atoms with E-state index in [0.29, 0.717) is 6.61 Å². The van der Waals surface area contributed by atoms with Gasteiger partial charge in [0.25, 0.3) is 0 Å². The fourth-order valence-corrected chi connectivity index (χ4v) is 0.927. The second-order valence-corrected chi connectivity index (χ2v) is 2.88. The molecule has 0 spiro atoms. The lowest BCUT2D eigenvalue weighted by atomic mass is 10.3. The van der Waals surface area contributed by atoms with Crippen LogP contribution in [-0.4, -0.2) is 24.2 Å². The van der Waals surface area contributed by atoms with E-state index in [1.165, 1.54) is 6.42 Å². The monoisotopic (exact) mass is 173 g/mol. The van der Waals surface area contributed by atoms with Crippen molar-refractivity contribution in [2.75, 3.05) is 13.2 Å². The normalized spacial score (nSPS) is 15.0. The minimum atomic E-state index is 0.204. The molecule has 0 aromatic rings. The highest BCUT2D eigenvalue weighted by molar-refractivity contribution is 5.77. The third-order valence-corrected chi connectivity index (χ3v) is 1.66. The lowest BCUT2D eigenvalue weighted by molar-refractivity contribution is -0.119. The summed E-state index contributed by atoms with van der Waals surface area (Å²) in [7, 11) is 0. The molecule has 1 fully saturated rings. The van der Waals surface area contributed by atoms with Crippen molar-refractivity contribution in [3.63, 3.8) is 0 Å². The molecular weight excluding hydrogens is 154 g/mol. The quantitative estimate of drug-likeness (QED) is 0.627. The summed E-state index contributed by atoms with van der Waals surface area (Å²) in [5.74, 6) is 0.204. The molecule has 1 heterocycles. The van der Waals surface area contributed by atoms with Crippen molar-refractivity contribution >= 4 is 5.91 Å². The summed E-state index contributed by atoms with van der Waals surface area (Å²) in [4.78, 5) is 10.1. The third kappa shape index (κ3) is 7.54. The van der Waals surface area contributed by atoms with Crippen LogP contribution in [-0.2, 0) is 4.79 Å². The van der Waals surface area contributed by atoms with Crippen molar-refractivity contribution in [3.8, 4) is 0 Å². The maximum Gasteiger partial charge on any atom is 0.220 e. The fourth-order valence-electron chi connectivity index (χ4n) is 0.927. The number of aliphatic hydroxyl groups is 1. The molecule has 12 heavy (non-hydrogen) atoms. The molecule has 72 valence electrons. The standard InChI is InChI=1S/C5H12O.C4H7NO/c1-2-3-4-5-6;6-4-2-1-3-5-4/h6H,2-5H2,1H3;1-3H2,(H,5,6). The first-order valence-electron chi connectivity index (χ1n) is 4.68. The Bertz CT molecular complexity index is 103. The predicted octanol–water partition coefficient (Wildman–Crippen LogP) is 1.07. The third-order valence-electron chi connectivity index (χ3n) is 1.66. The Hall–Kier alpha value is -0.570. The van der Waals surface area contributed by atoms with Crippen LogP contribution in [0, 0.1) is 0 Å². The molecule has 1 rings (SSSR count). The van der Waals surface area contributed by atoms with Crippen LogP contribution in [0.1, 0.15) is 39.0 Å². The summed E-state index contributed by atoms with van der Waals surface area (Å²) in [6.07, 6.45) is 5.09. The summed E-state index contributed by atoms with van der Waals surface area (Å²) in [6.45, 7) is 3.36. The molecule has 2 N–H and O–H groups in total. The molecule has 0 radical (unpaired) electrons. The molecule has 1 aliphatic rings. The van der Waals surface area contributed by atoms with E-state index in [2.05, 4.69) is 12.2 Å². The SMILES string of the molecule is CCCCCO.O=C1CCCN1. The van der Waals surface area contributed by atoms with Crippen molar-refractivity contribution in [3.05, 3.63) is 0 Å². The van der Waals surface area contributed by atoms with Crippen molar-refractivity contribution in [2.24, 2.45) is 0 Å². The van der Waals surface area contributed by atoms with E-state index in [4.69, 9.17) is 5.11 Å². The molecule has 0 bridgehead atoms. The van der Waals surface area contributed by atoms with Crippen LogP contribution in [0.3, 0.4) is 0 Å². The first-order valence-corrected chi connectivity index (χ1v) is 4.68. The van der Waals surface area contributed by atoms with Gasteiger partial charge in [-0.15, -0.1) is 0 Å². The number of hydrogen-bond acceptors (Lipinski definition) is 2. The van der Waals surface area contributed by atoms with E-state index in [9.17, 15) is 4.79 Å². The van der Waals surface area contributed by atoms with Crippen LogP contribution in [0.15, 0.2) is 0 Å². The smallest absolute Gasteiger partial charge is 0.220 e. The van der Waals surface area contributed by atoms with Gasteiger partial charge in [-0.1, -0.05) is 19.8 Å². The Morgan fingerprint density at radius 1 is 1.50 bits per heavy atom. The van der Waals surface area contributed by atoms with Gasteiger partial charge in [-0.2, -0.15) is 0 Å². The number of rotatable bonds is 3. The highest BCUT2D eigenvalue weighted by Gasteiger charge is 2.05. The number of hydrogen-bond donors (Lipinski definition) is 2. The molecule has 1 saturated heterocycles. The lowest BCUT2D eigenvalue weighted by Gasteiger charge is -1.85. The summed E-state index contributed by atoms with van der Waals surface area (Å²) in [5.41, 5.74) is 0. The maximum absolute atomic E-state index is 10.1. The van der Waals surface area contributed by atoms with Gasteiger partial charge in [-0.3, -0.25) is 4.79 Å². The van der Waals surface area contributed by atoms with Gasteiger partial charge in [0, 0.05) is 19.6 Å². The van der Waals surface area contributed by atoms with Gasteiger partial charge >= 0.3 is 0 Å². The molecule has 1 aliphatic heterocycles. The molecule has 0 unspecified atom stereocenters. The highest BCUT2D eigenvalue weighted by Crippen LogP contribution is 1.93. The number of nitrogens with one attached hydrogen (secondary N) is 1. The van der Waals surface area contributed by atoms with Crippen LogP contribution in [0.4, 0.5) is 0 Å². The van der Waals surface area contributed by atoms with Crippen LogP contribution >= 0.6 is 0 Å². The van der Waals surface area contributed by atoms with Crippen molar-refractivity contribution in [1.82, 2.24) is 5.32 Å². The number of carbonyl (C=O) groups excluding carboxylic acids is 1. The zero-order valence-corrected chi connectivity index (χ0v) is 7.81. The maximum atomic E-state index is 10.1. The first kappa shape index (κ1) is 11.4. The van der Waals surface area contributed by atoms with Gasteiger partial charge in [-0.05, 0) is 12.8 Å². The van der Waals surface area contributed by atoms with Gasteiger partial charge < -0.3 is 10.4 Å². The lowest BCUT2D eigenvalue weighted by Crippen LogP contribution is -2.12. The van der Waals surface area contributed by atoms with E-state index in [-0.39, 0.29) is 5.91 Å². The molecule has 0 aliphatic carbocycles. The topological polar surface area (TPSA) is 49.3 Å². The minimum absolute atomic E-state index is 0.204. The molecule has 0 aromatic heterocycles. The molecule has 0 atom stereocenters. The molecule has 3 nitrogen and oxygen atoms in total. The van der Waals surface area contributed by atoms with Crippen LogP contribution < -0.4 is 5.32 Å². The van der Waals surface area contributed by atoms with Gasteiger partial charge in [0.05, 0.1) is 0 Å². The van der Waals surface area contributed by atoms with Gasteiger partial charge in [0.15, 0.2) is 0 Å². The van der Waals surface area contributed by atoms with Crippen molar-refractivity contribution < 1.29 is 9.90 Å². The Morgan fingerprint density at radius 2 is 2.25 bits per heavy atom. The molecular formula is C9H19NO2. The number of aliphatic hydroxyl groups excluding tert-OH is 1. The van der Waals surface area contributed by atoms with Gasteiger partial charge in [0.2, 0.25) is 5.91 Å². The van der Waals surface area contributed by atoms with Crippen molar-refractivity contribution in [1.29, 1.82) is 0 Å². The average Bonchev–Trinajstić information content (AvgIpc) is 2.53. The summed E-state index contributed by atoms with van der Waals surface area (Å²) in [5, 5.41) is 10.9. The second-order valence-electron chi connectivity index (χ2n) is 2.88. The summed E-state index contributed by atoms with van der Waals surface area (Å²) < 4.78 is 0. The summed E-state index contributed by atoms with van der Waals surface area (Å²) >= 11 is 0. The van der Waals surface area contributed by atoms with E-state index >= 15 is 0 Å². The van der Waals surface area contributed by atoms with E-state index < -0.39 is 0 Å². The number of unbranched alkanes of at least 4 members (excludes halogenated alkanes) is 2. The van der Waals surface area contributed by atoms with Crippen LogP contribution in [0.25, 0.3) is 0 Å². The number of amides is 1. The average molecular weight is 173 g/mol. The Labute approximate surface area is 74.2 Å². The molecule has 1 amide bonds. The summed E-state index contributed by atoms with van der Waals surface area (Å²) in [6, 6.07) is 0. The zero-order valence-electron chi connectivity index (χ0n) is 7.81. The van der Waals surface area contributed by atoms with Crippen LogP contribution in [0.2, 0.25) is 0 Å². The minimum Gasteiger partial charge on any atom is -0.396 e. The molecule has 0 saturated carbocycles. The second kappa shape index (κ2) is 8.53. The Balaban J connectivity index is 0.000000202. The Morgan fingerprint density at radius 3 is 2.42 bits per heavy atom. The molecule has 3 heteroatoms. The van der Waals surface area contributed by atoms with Gasteiger partial charge in [0.1, 0.15) is 0 Å². The highest BCUT2D eigenvalue weighted by atomic mass is 16.2. The van der Waals surface area contributed by atoms with Gasteiger partial charge in [-0.25, -0.2) is 0 Å². The number of carbonyl (C=O) groups is 1. The van der Waals surface area contributed by atoms with E-state index in [1.54, 1.807) is 0 Å². The predicted molar refractivity (Wildman–Crippen MR) is 48.9 cm³/mol. The molecule has 0 aromatic carbocycles. The first-order chi connectivity index (χ1) is 5.81. The van der Waals surface area contributed by atoms with Crippen molar-refractivity contribution in [2.45, 2.75) is 39.0 Å². The fraction of sp³-hybridized carbons (Fsp3) is 0.889. The van der Waals surface area contributed by atoms with E-state index in [0.717, 1.165) is 32.2 Å². The zero-order chi connectivity index (χ0) is 9.23. The van der Waals surface area contributed by atoms with E-state index in [1.807, 2.05) is 0 Å². The largest absolute Gasteiger partial charge is 0.396 e. The Kier molecular flexibility index (Phi) is 8.12. The van der Waals surface area contributed by atoms with Crippen LogP contribution in [0.5, 0.6) is 0 Å².